The summed E-state index contributed by atoms with van der Waals surface area (Å²) in [4.78, 5) is 22.4. The zero-order valence-corrected chi connectivity index (χ0v) is 10.4. The molecule has 0 heterocycles. The number of nitrogen functional groups attached to an aromatic ring is 1. The van der Waals surface area contributed by atoms with E-state index < -0.39 is 11.9 Å². The van der Waals surface area contributed by atoms with Crippen molar-refractivity contribution in [1.82, 2.24) is 0 Å². The molecule has 0 bridgehead atoms. The summed E-state index contributed by atoms with van der Waals surface area (Å²) in [6.07, 6.45) is 0.0349. The van der Waals surface area contributed by atoms with Gasteiger partial charge in [0, 0.05) is 5.69 Å². The highest BCUT2D eigenvalue weighted by Gasteiger charge is 2.14. The summed E-state index contributed by atoms with van der Waals surface area (Å²) in [5, 5.41) is 0. The van der Waals surface area contributed by atoms with Gasteiger partial charge in [-0.25, -0.2) is 4.79 Å². The van der Waals surface area contributed by atoms with E-state index >= 15 is 0 Å². The number of rotatable bonds is 3. The van der Waals surface area contributed by atoms with Gasteiger partial charge in [0.25, 0.3) is 0 Å². The number of carbonyl (C=O) groups is 2. The lowest BCUT2D eigenvalue weighted by Crippen LogP contribution is -2.11. The minimum absolute atomic E-state index is 0. The van der Waals surface area contributed by atoms with Crippen LogP contribution < -0.4 is 5.73 Å². The molecule has 17 heavy (non-hydrogen) atoms. The Morgan fingerprint density at radius 1 is 1.24 bits per heavy atom. The number of carbonyl (C=O) groups excluding carboxylic acids is 2. The summed E-state index contributed by atoms with van der Waals surface area (Å²) < 4.78 is 9.09. The maximum atomic E-state index is 11.3. The lowest BCUT2D eigenvalue weighted by molar-refractivity contribution is -0.139. The van der Waals surface area contributed by atoms with Gasteiger partial charge in [-0.05, 0) is 11.6 Å². The number of halogens is 1. The topological polar surface area (TPSA) is 78.6 Å². The Hall–Kier alpha value is -1.75. The first-order chi connectivity index (χ1) is 7.60. The van der Waals surface area contributed by atoms with Crippen molar-refractivity contribution in [2.75, 3.05) is 20.0 Å². The number of anilines is 1. The molecular weight excluding hydrogens is 246 g/mol. The highest BCUT2D eigenvalue weighted by Crippen LogP contribution is 2.19. The Bertz CT molecular complexity index is 420. The van der Waals surface area contributed by atoms with E-state index in [1.54, 1.807) is 18.2 Å². The molecule has 0 fully saturated rings. The smallest absolute Gasteiger partial charge is 0.339 e. The minimum Gasteiger partial charge on any atom is -0.469 e. The van der Waals surface area contributed by atoms with E-state index in [2.05, 4.69) is 9.47 Å². The number of esters is 2. The largest absolute Gasteiger partial charge is 0.469 e. The number of benzene rings is 1. The molecule has 5 nitrogen and oxygen atoms in total. The fourth-order valence-electron chi connectivity index (χ4n) is 1.28. The standard InChI is InChI=1S/C11H13NO4.ClH/c1-15-9(13)6-7-4-3-5-8(10(7)12)11(14)16-2;/h3-5H,6,12H2,1-2H3;1H. The van der Waals surface area contributed by atoms with Crippen LogP contribution in [0.4, 0.5) is 5.69 Å². The van der Waals surface area contributed by atoms with Crippen LogP contribution in [0.1, 0.15) is 15.9 Å². The monoisotopic (exact) mass is 259 g/mol. The molecule has 1 aromatic carbocycles. The molecule has 94 valence electrons. The van der Waals surface area contributed by atoms with E-state index in [0.29, 0.717) is 5.56 Å². The molecule has 0 amide bonds. The molecule has 1 rings (SSSR count). The maximum Gasteiger partial charge on any atom is 0.339 e. The molecule has 0 radical (unpaired) electrons. The van der Waals surface area contributed by atoms with Crippen LogP contribution in [0.5, 0.6) is 0 Å². The van der Waals surface area contributed by atoms with Crippen molar-refractivity contribution in [3.05, 3.63) is 29.3 Å². The van der Waals surface area contributed by atoms with Crippen LogP contribution in [0.25, 0.3) is 0 Å². The summed E-state index contributed by atoms with van der Waals surface area (Å²) in [5.41, 5.74) is 6.81. The van der Waals surface area contributed by atoms with E-state index in [1.165, 1.54) is 14.2 Å². The Kier molecular flexibility index (Phi) is 6.06. The number of methoxy groups -OCH3 is 2. The van der Waals surface area contributed by atoms with Crippen LogP contribution in [-0.2, 0) is 20.7 Å². The maximum absolute atomic E-state index is 11.3. The Morgan fingerprint density at radius 2 is 1.88 bits per heavy atom. The second-order valence-electron chi connectivity index (χ2n) is 3.12. The molecule has 1 aromatic rings. The van der Waals surface area contributed by atoms with E-state index in [4.69, 9.17) is 5.73 Å². The lowest BCUT2D eigenvalue weighted by atomic mass is 10.0. The molecular formula is C11H14ClNO4. The SMILES string of the molecule is COC(=O)Cc1cccc(C(=O)OC)c1N.Cl. The summed E-state index contributed by atoms with van der Waals surface area (Å²) in [7, 11) is 2.57. The zero-order chi connectivity index (χ0) is 12.1. The second-order valence-corrected chi connectivity index (χ2v) is 3.12. The van der Waals surface area contributed by atoms with Gasteiger partial charge in [-0.2, -0.15) is 0 Å². The van der Waals surface area contributed by atoms with Crippen molar-refractivity contribution in [2.45, 2.75) is 6.42 Å². The van der Waals surface area contributed by atoms with Gasteiger partial charge in [-0.15, -0.1) is 12.4 Å². The summed E-state index contributed by atoms with van der Waals surface area (Å²) in [5.74, 6) is -0.932. The number of nitrogens with two attached hydrogens (primary N) is 1. The van der Waals surface area contributed by atoms with Gasteiger partial charge in [0.1, 0.15) is 0 Å². The van der Waals surface area contributed by atoms with Crippen LogP contribution in [0.3, 0.4) is 0 Å². The fraction of sp³-hybridized carbons (Fsp3) is 0.273. The number of para-hydroxylation sites is 1. The molecule has 6 heteroatoms. The number of ether oxygens (including phenoxy) is 2. The molecule has 0 saturated heterocycles. The van der Waals surface area contributed by atoms with Crippen LogP contribution in [0.15, 0.2) is 18.2 Å². The summed E-state index contributed by atoms with van der Waals surface area (Å²) in [6.45, 7) is 0. The molecule has 0 unspecified atom stereocenters. The fourth-order valence-corrected chi connectivity index (χ4v) is 1.28. The third kappa shape index (κ3) is 3.64. The Balaban J connectivity index is 0.00000256. The van der Waals surface area contributed by atoms with Crippen molar-refractivity contribution < 1.29 is 19.1 Å². The second kappa shape index (κ2) is 6.75. The lowest BCUT2D eigenvalue weighted by Gasteiger charge is -2.08. The molecule has 0 aliphatic carbocycles. The first-order valence-corrected chi connectivity index (χ1v) is 4.62. The molecule has 0 aliphatic heterocycles. The van der Waals surface area contributed by atoms with E-state index in [9.17, 15) is 9.59 Å². The third-order valence-electron chi connectivity index (χ3n) is 2.16. The third-order valence-corrected chi connectivity index (χ3v) is 2.16. The predicted octanol–water partition coefficient (Wildman–Crippen LogP) is 1.19. The average Bonchev–Trinajstić information content (AvgIpc) is 2.30. The normalized spacial score (nSPS) is 9.06. The molecule has 0 saturated carbocycles. The van der Waals surface area contributed by atoms with E-state index in [0.717, 1.165) is 0 Å². The van der Waals surface area contributed by atoms with Crippen molar-refractivity contribution in [2.24, 2.45) is 0 Å². The van der Waals surface area contributed by atoms with Crippen molar-refractivity contribution >= 4 is 30.0 Å². The summed E-state index contributed by atoms with van der Waals surface area (Å²) in [6, 6.07) is 4.85. The highest BCUT2D eigenvalue weighted by molar-refractivity contribution is 5.96. The van der Waals surface area contributed by atoms with Gasteiger partial charge in [-0.1, -0.05) is 12.1 Å². The van der Waals surface area contributed by atoms with Gasteiger partial charge in [0.15, 0.2) is 0 Å². The molecule has 0 atom stereocenters. The van der Waals surface area contributed by atoms with Crippen LogP contribution in [0, 0.1) is 0 Å². The number of hydrogen-bond acceptors (Lipinski definition) is 5. The zero-order valence-electron chi connectivity index (χ0n) is 9.56. The van der Waals surface area contributed by atoms with Gasteiger partial charge in [0.05, 0.1) is 26.2 Å². The van der Waals surface area contributed by atoms with Gasteiger partial charge >= 0.3 is 11.9 Å². The van der Waals surface area contributed by atoms with Crippen molar-refractivity contribution in [1.29, 1.82) is 0 Å². The van der Waals surface area contributed by atoms with Crippen molar-refractivity contribution in [3.8, 4) is 0 Å². The quantitative estimate of drug-likeness (QED) is 0.652. The van der Waals surface area contributed by atoms with Crippen LogP contribution in [0.2, 0.25) is 0 Å². The van der Waals surface area contributed by atoms with Gasteiger partial charge < -0.3 is 15.2 Å². The molecule has 2 N–H and O–H groups in total. The first-order valence-electron chi connectivity index (χ1n) is 4.62. The molecule has 0 aliphatic rings. The predicted molar refractivity (Wildman–Crippen MR) is 65.2 cm³/mol. The molecule has 0 aromatic heterocycles. The van der Waals surface area contributed by atoms with Gasteiger partial charge in [-0.3, -0.25) is 4.79 Å². The molecule has 0 spiro atoms. The highest BCUT2D eigenvalue weighted by atomic mass is 35.5. The van der Waals surface area contributed by atoms with Crippen molar-refractivity contribution in [3.63, 3.8) is 0 Å². The first kappa shape index (κ1) is 15.2. The van der Waals surface area contributed by atoms with Crippen LogP contribution in [-0.4, -0.2) is 26.2 Å². The summed E-state index contributed by atoms with van der Waals surface area (Å²) >= 11 is 0. The average molecular weight is 260 g/mol. The van der Waals surface area contributed by atoms with E-state index in [-0.39, 0.29) is 30.1 Å². The van der Waals surface area contributed by atoms with Gasteiger partial charge in [0.2, 0.25) is 0 Å². The Morgan fingerprint density at radius 3 is 2.41 bits per heavy atom. The Labute approximate surface area is 105 Å². The van der Waals surface area contributed by atoms with E-state index in [1.807, 2.05) is 0 Å². The van der Waals surface area contributed by atoms with Crippen LogP contribution >= 0.6 is 12.4 Å². The minimum atomic E-state index is -0.524. The number of hydrogen-bond donors (Lipinski definition) is 1.